The number of rotatable bonds is 2. The molecular weight excluding hydrogens is 170 g/mol. The third-order valence-corrected chi connectivity index (χ3v) is 2.09. The van der Waals surface area contributed by atoms with E-state index in [1.54, 1.807) is 0 Å². The van der Waals surface area contributed by atoms with Crippen LogP contribution in [0.2, 0.25) is 0 Å². The van der Waals surface area contributed by atoms with Gasteiger partial charge in [0.05, 0.1) is 0 Å². The summed E-state index contributed by atoms with van der Waals surface area (Å²) in [7, 11) is -8.49. The second kappa shape index (κ2) is 2.19. The first kappa shape index (κ1) is 8.78. The van der Waals surface area contributed by atoms with Crippen LogP contribution in [0.5, 0.6) is 0 Å². The van der Waals surface area contributed by atoms with Gasteiger partial charge in [-0.25, -0.2) is 10.3 Å². The van der Waals surface area contributed by atoms with Crippen molar-refractivity contribution in [1.29, 1.82) is 0 Å². The van der Waals surface area contributed by atoms with Crippen LogP contribution in [0.1, 0.15) is 0 Å². The maximum absolute atomic E-state index is 9.85. The summed E-state index contributed by atoms with van der Waals surface area (Å²) in [5, 5.41) is 8.45. The van der Waals surface area contributed by atoms with Crippen molar-refractivity contribution in [1.82, 2.24) is 4.13 Å². The van der Waals surface area contributed by atoms with Gasteiger partial charge in [0, 0.05) is 0 Å². The van der Waals surface area contributed by atoms with Crippen LogP contribution < -0.4 is 14.4 Å². The molecule has 0 bridgehead atoms. The van der Waals surface area contributed by atoms with Gasteiger partial charge in [0.1, 0.15) is 0 Å². The molecule has 0 aromatic carbocycles. The number of nitrogens with one attached hydrogen (secondary N) is 1. The van der Waals surface area contributed by atoms with Gasteiger partial charge < -0.3 is 0 Å². The Kier molecular flexibility index (Phi) is 2.14. The van der Waals surface area contributed by atoms with E-state index in [-0.39, 0.29) is 0 Å². The van der Waals surface area contributed by atoms with Crippen molar-refractivity contribution in [3.8, 4) is 0 Å². The van der Waals surface area contributed by atoms with E-state index in [9.17, 15) is 16.8 Å². The Morgan fingerprint density at radius 2 is 1.11 bits per heavy atom. The Hall–Kier alpha value is -0.220. The fourth-order valence-corrected chi connectivity index (χ4v) is 1.46. The second-order valence-corrected chi connectivity index (χ2v) is 4.02. The lowest BCUT2D eigenvalue weighted by Gasteiger charge is -1.94. The summed E-state index contributed by atoms with van der Waals surface area (Å²) in [6.45, 7) is 0. The minimum atomic E-state index is -4.24. The molecule has 0 aliphatic heterocycles. The van der Waals surface area contributed by atoms with Gasteiger partial charge in [0.15, 0.2) is 0 Å². The van der Waals surface area contributed by atoms with E-state index in [2.05, 4.69) is 10.3 Å². The fraction of sp³-hybridized carbons (Fsp3) is 0. The molecule has 0 unspecified atom stereocenters. The molecule has 0 heterocycles. The average Bonchev–Trinajstić information content (AvgIpc) is 1.14. The maximum atomic E-state index is 9.85. The standard InChI is InChI=1S/H5N3O4S2/c1-8(4,5)3-9(2,6)7/h3H,(H2,1,4,5)(H2,2,6,7). The lowest BCUT2D eigenvalue weighted by atomic mass is 13.8. The quantitative estimate of drug-likeness (QED) is 0.412. The van der Waals surface area contributed by atoms with Gasteiger partial charge >= 0.3 is 0 Å². The summed E-state index contributed by atoms with van der Waals surface area (Å²) in [6, 6.07) is 0. The molecule has 9 heavy (non-hydrogen) atoms. The highest BCUT2D eigenvalue weighted by Gasteiger charge is 2.09. The zero-order chi connectivity index (χ0) is 7.71. The van der Waals surface area contributed by atoms with E-state index in [1.807, 2.05) is 0 Å². The molecule has 0 saturated heterocycles. The predicted octanol–water partition coefficient (Wildman–Crippen LogP) is -3.02. The minimum Gasteiger partial charge on any atom is -0.215 e. The van der Waals surface area contributed by atoms with E-state index in [0.717, 1.165) is 4.13 Å². The van der Waals surface area contributed by atoms with Gasteiger partial charge in [-0.05, 0) is 0 Å². The van der Waals surface area contributed by atoms with Crippen LogP contribution in [-0.2, 0) is 20.4 Å². The molecule has 7 nitrogen and oxygen atoms in total. The second-order valence-electron chi connectivity index (χ2n) is 1.17. The smallest absolute Gasteiger partial charge is 0.215 e. The largest absolute Gasteiger partial charge is 0.288 e. The third-order valence-electron chi connectivity index (χ3n) is 0.232. The molecule has 0 fully saturated rings. The van der Waals surface area contributed by atoms with E-state index >= 15 is 0 Å². The van der Waals surface area contributed by atoms with Gasteiger partial charge in [-0.3, -0.25) is 0 Å². The van der Waals surface area contributed by atoms with Crippen molar-refractivity contribution in [2.75, 3.05) is 0 Å². The normalized spacial score (nSPS) is 13.6. The number of hydrogen-bond acceptors (Lipinski definition) is 4. The van der Waals surface area contributed by atoms with Gasteiger partial charge in [0.2, 0.25) is 0 Å². The van der Waals surface area contributed by atoms with Crippen LogP contribution in [0, 0.1) is 0 Å². The number of hydrogen-bond donors (Lipinski definition) is 3. The molecular formula is H5N3O4S2. The highest BCUT2D eigenvalue weighted by atomic mass is 32.3. The van der Waals surface area contributed by atoms with Crippen molar-refractivity contribution < 1.29 is 16.8 Å². The topological polar surface area (TPSA) is 132 Å². The molecule has 0 rings (SSSR count). The summed E-state index contributed by atoms with van der Waals surface area (Å²) in [5.41, 5.74) is 0. The zero-order valence-corrected chi connectivity index (χ0v) is 5.74. The molecule has 0 spiro atoms. The van der Waals surface area contributed by atoms with Crippen molar-refractivity contribution >= 4 is 20.4 Å². The first-order chi connectivity index (χ1) is 3.71. The summed E-state index contributed by atoms with van der Waals surface area (Å²) >= 11 is 0. The van der Waals surface area contributed by atoms with E-state index < -0.39 is 20.4 Å². The molecule has 0 aromatic rings. The van der Waals surface area contributed by atoms with Crippen LogP contribution in [0.3, 0.4) is 0 Å². The molecule has 0 aliphatic carbocycles. The SMILES string of the molecule is NS(=O)(=O)NS(N)(=O)=O. The molecule has 56 valence electrons. The van der Waals surface area contributed by atoms with Gasteiger partial charge in [-0.2, -0.15) is 16.8 Å². The Balaban J connectivity index is 4.46. The van der Waals surface area contributed by atoms with Crippen molar-refractivity contribution in [2.45, 2.75) is 0 Å². The summed E-state index contributed by atoms with van der Waals surface area (Å²) in [4.78, 5) is 0. The summed E-state index contributed by atoms with van der Waals surface area (Å²) < 4.78 is 40.4. The van der Waals surface area contributed by atoms with E-state index in [1.165, 1.54) is 0 Å². The Morgan fingerprint density at radius 1 is 0.889 bits per heavy atom. The minimum absolute atomic E-state index is 0.958. The molecule has 9 heteroatoms. The lowest BCUT2D eigenvalue weighted by Crippen LogP contribution is -2.40. The molecule has 0 radical (unpaired) electrons. The van der Waals surface area contributed by atoms with Crippen molar-refractivity contribution in [2.24, 2.45) is 10.3 Å². The van der Waals surface area contributed by atoms with Crippen LogP contribution >= 0.6 is 0 Å². The molecule has 5 N–H and O–H groups in total. The van der Waals surface area contributed by atoms with Crippen molar-refractivity contribution in [3.63, 3.8) is 0 Å². The molecule has 0 aromatic heterocycles. The highest BCUT2D eigenvalue weighted by Crippen LogP contribution is 1.70. The van der Waals surface area contributed by atoms with Crippen LogP contribution in [0.4, 0.5) is 0 Å². The van der Waals surface area contributed by atoms with Gasteiger partial charge in [-0.1, -0.05) is 4.13 Å². The first-order valence-electron chi connectivity index (χ1n) is 1.55. The van der Waals surface area contributed by atoms with Gasteiger partial charge in [-0.15, -0.1) is 0 Å². The molecule has 0 aliphatic rings. The van der Waals surface area contributed by atoms with Crippen molar-refractivity contribution in [3.05, 3.63) is 0 Å². The van der Waals surface area contributed by atoms with Gasteiger partial charge in [0.25, 0.3) is 20.4 Å². The Morgan fingerprint density at radius 3 is 1.11 bits per heavy atom. The fourth-order valence-electron chi connectivity index (χ4n) is 0.162. The Bertz CT molecular complexity index is 239. The zero-order valence-electron chi connectivity index (χ0n) is 4.10. The van der Waals surface area contributed by atoms with Crippen LogP contribution in [0.25, 0.3) is 0 Å². The average molecular weight is 175 g/mol. The summed E-state index contributed by atoms with van der Waals surface area (Å²) in [6.07, 6.45) is 0. The maximum Gasteiger partial charge on any atom is 0.288 e. The highest BCUT2D eigenvalue weighted by molar-refractivity contribution is 8.02. The molecule has 0 amide bonds. The molecule has 0 saturated carbocycles. The third kappa shape index (κ3) is 7.78. The first-order valence-corrected chi connectivity index (χ1v) is 4.64. The monoisotopic (exact) mass is 175 g/mol. The molecule has 0 atom stereocenters. The lowest BCUT2D eigenvalue weighted by molar-refractivity contribution is 0.579. The van der Waals surface area contributed by atoms with Crippen LogP contribution in [0.15, 0.2) is 0 Å². The predicted molar refractivity (Wildman–Crippen MR) is 29.4 cm³/mol. The van der Waals surface area contributed by atoms with E-state index in [4.69, 9.17) is 0 Å². The Labute approximate surface area is 52.4 Å². The van der Waals surface area contributed by atoms with E-state index in [0.29, 0.717) is 0 Å². The number of nitrogens with two attached hydrogens (primary N) is 2. The van der Waals surface area contributed by atoms with Crippen LogP contribution in [-0.4, -0.2) is 16.8 Å². The summed E-state index contributed by atoms with van der Waals surface area (Å²) in [5.74, 6) is 0.